The van der Waals surface area contributed by atoms with E-state index in [-0.39, 0.29) is 0 Å². The predicted octanol–water partition coefficient (Wildman–Crippen LogP) is 7.71. The lowest BCUT2D eigenvalue weighted by atomic mass is 9.86. The van der Waals surface area contributed by atoms with Crippen molar-refractivity contribution in [3.8, 4) is 17.2 Å². The van der Waals surface area contributed by atoms with Crippen molar-refractivity contribution in [2.75, 3.05) is 4.90 Å². The molecule has 5 rings (SSSR count). The van der Waals surface area contributed by atoms with Gasteiger partial charge in [-0.2, -0.15) is 5.26 Å². The Bertz CT molecular complexity index is 1320. The maximum atomic E-state index is 9.54. The summed E-state index contributed by atoms with van der Waals surface area (Å²) in [7, 11) is 0. The van der Waals surface area contributed by atoms with E-state index < -0.39 is 0 Å². The van der Waals surface area contributed by atoms with Gasteiger partial charge < -0.3 is 4.90 Å². The molecule has 0 N–H and O–H groups in total. The lowest BCUT2D eigenvalue weighted by Gasteiger charge is -2.36. The largest absolute Gasteiger partial charge is 0.310 e. The maximum Gasteiger partial charge on any atom is 0.188 e. The minimum atomic E-state index is 0.335. The van der Waals surface area contributed by atoms with Gasteiger partial charge in [0, 0.05) is 28.5 Å². The molecule has 1 aliphatic heterocycles. The number of rotatable bonds is 2. The molecule has 4 aromatic carbocycles. The van der Waals surface area contributed by atoms with E-state index in [2.05, 4.69) is 83.4 Å². The fourth-order valence-corrected chi connectivity index (χ4v) is 4.43. The third-order valence-corrected chi connectivity index (χ3v) is 5.98. The first-order chi connectivity index (χ1) is 15.2. The SMILES string of the molecule is [C-]#[N+]c1ccc(-c2ccc(N3c4ccccc4C(C)c4ccccc43)cc2)c(C#N)c1. The van der Waals surface area contributed by atoms with Crippen molar-refractivity contribution in [1.29, 1.82) is 5.26 Å². The van der Waals surface area contributed by atoms with Gasteiger partial charge in [0.15, 0.2) is 5.69 Å². The van der Waals surface area contributed by atoms with Crippen LogP contribution in [0.5, 0.6) is 0 Å². The van der Waals surface area contributed by atoms with Gasteiger partial charge in [-0.1, -0.05) is 67.6 Å². The molecule has 1 heterocycles. The van der Waals surface area contributed by atoms with E-state index in [9.17, 15) is 5.26 Å². The van der Waals surface area contributed by atoms with Crippen LogP contribution < -0.4 is 4.90 Å². The molecule has 146 valence electrons. The summed E-state index contributed by atoms with van der Waals surface area (Å²) in [6.45, 7) is 9.43. The number of anilines is 3. The van der Waals surface area contributed by atoms with E-state index in [1.165, 1.54) is 22.5 Å². The molecule has 0 fully saturated rings. The van der Waals surface area contributed by atoms with Gasteiger partial charge in [0.1, 0.15) is 0 Å². The fourth-order valence-electron chi connectivity index (χ4n) is 4.43. The van der Waals surface area contributed by atoms with Crippen LogP contribution >= 0.6 is 0 Å². The van der Waals surface area contributed by atoms with Crippen molar-refractivity contribution in [2.45, 2.75) is 12.8 Å². The second-order valence-corrected chi connectivity index (χ2v) is 7.68. The summed E-state index contributed by atoms with van der Waals surface area (Å²) in [6.07, 6.45) is 0. The number of benzene rings is 4. The number of nitrogens with zero attached hydrogens (tertiary/aromatic N) is 3. The van der Waals surface area contributed by atoms with Gasteiger partial charge in [-0.05, 0) is 52.6 Å². The summed E-state index contributed by atoms with van der Waals surface area (Å²) in [5.41, 5.74) is 8.89. The Balaban J connectivity index is 1.61. The standard InChI is InChI=1S/C28H19N3/c1-19-24-7-3-5-9-27(24)31(28-10-6-4-8-25(19)28)23-14-11-20(12-15-23)26-16-13-22(30-2)17-21(26)18-29/h3-17,19H,1H3. The van der Waals surface area contributed by atoms with Crippen LogP contribution in [-0.4, -0.2) is 0 Å². The van der Waals surface area contributed by atoms with Crippen LogP contribution in [0.3, 0.4) is 0 Å². The number of nitriles is 1. The van der Waals surface area contributed by atoms with Gasteiger partial charge in [-0.15, -0.1) is 0 Å². The highest BCUT2D eigenvalue weighted by Crippen LogP contribution is 2.48. The average Bonchev–Trinajstić information content (AvgIpc) is 2.84. The summed E-state index contributed by atoms with van der Waals surface area (Å²) < 4.78 is 0. The third kappa shape index (κ3) is 3.05. The summed E-state index contributed by atoms with van der Waals surface area (Å²) >= 11 is 0. The molecule has 1 aliphatic rings. The van der Waals surface area contributed by atoms with Crippen LogP contribution in [-0.2, 0) is 0 Å². The van der Waals surface area contributed by atoms with Gasteiger partial charge in [-0.3, -0.25) is 0 Å². The zero-order chi connectivity index (χ0) is 21.4. The van der Waals surface area contributed by atoms with Crippen LogP contribution in [0.15, 0.2) is 91.0 Å². The van der Waals surface area contributed by atoms with Gasteiger partial charge in [0.2, 0.25) is 0 Å². The molecule has 0 saturated carbocycles. The quantitative estimate of drug-likeness (QED) is 0.324. The van der Waals surface area contributed by atoms with Crippen molar-refractivity contribution in [1.82, 2.24) is 0 Å². The highest BCUT2D eigenvalue weighted by atomic mass is 15.2. The van der Waals surface area contributed by atoms with E-state index in [1.54, 1.807) is 12.1 Å². The normalized spacial score (nSPS) is 12.4. The Labute approximate surface area is 182 Å². The van der Waals surface area contributed by atoms with Crippen molar-refractivity contribution >= 4 is 22.7 Å². The summed E-state index contributed by atoms with van der Waals surface area (Å²) in [6, 6.07) is 32.9. The molecule has 0 saturated heterocycles. The lowest BCUT2D eigenvalue weighted by Crippen LogP contribution is -2.20. The topological polar surface area (TPSA) is 31.4 Å². The fraction of sp³-hybridized carbons (Fsp3) is 0.0714. The van der Waals surface area contributed by atoms with Gasteiger partial charge in [0.05, 0.1) is 12.6 Å². The summed E-state index contributed by atoms with van der Waals surface area (Å²) in [4.78, 5) is 5.74. The van der Waals surface area contributed by atoms with E-state index in [1.807, 2.05) is 18.2 Å². The first-order valence-corrected chi connectivity index (χ1v) is 10.2. The monoisotopic (exact) mass is 397 g/mol. The van der Waals surface area contributed by atoms with Crippen LogP contribution in [0.2, 0.25) is 0 Å². The van der Waals surface area contributed by atoms with Crippen LogP contribution in [0, 0.1) is 17.9 Å². The number of para-hydroxylation sites is 2. The molecule has 0 atom stereocenters. The molecule has 0 unspecified atom stereocenters. The van der Waals surface area contributed by atoms with E-state index in [0.29, 0.717) is 17.2 Å². The van der Waals surface area contributed by atoms with Crippen molar-refractivity contribution in [2.24, 2.45) is 0 Å². The molecule has 0 radical (unpaired) electrons. The predicted molar refractivity (Wildman–Crippen MR) is 125 cm³/mol. The first-order valence-electron chi connectivity index (χ1n) is 10.2. The van der Waals surface area contributed by atoms with Crippen molar-refractivity contribution in [3.63, 3.8) is 0 Å². The van der Waals surface area contributed by atoms with Gasteiger partial charge in [-0.25, -0.2) is 4.85 Å². The minimum Gasteiger partial charge on any atom is -0.310 e. The van der Waals surface area contributed by atoms with E-state index >= 15 is 0 Å². The van der Waals surface area contributed by atoms with Crippen LogP contribution in [0.25, 0.3) is 16.0 Å². The molecule has 0 bridgehead atoms. The molecule has 31 heavy (non-hydrogen) atoms. The summed E-state index contributed by atoms with van der Waals surface area (Å²) in [5.74, 6) is 0.335. The molecule has 3 heteroatoms. The molecule has 3 nitrogen and oxygen atoms in total. The van der Waals surface area contributed by atoms with Crippen LogP contribution in [0.1, 0.15) is 29.5 Å². The zero-order valence-electron chi connectivity index (χ0n) is 17.1. The molecule has 0 spiro atoms. The molecule has 0 aliphatic carbocycles. The van der Waals surface area contributed by atoms with Gasteiger partial charge in [0.25, 0.3) is 0 Å². The molecule has 0 aromatic heterocycles. The maximum absolute atomic E-state index is 9.54. The lowest BCUT2D eigenvalue weighted by molar-refractivity contribution is 0.892. The highest BCUT2D eigenvalue weighted by Gasteiger charge is 2.28. The molecule has 4 aromatic rings. The second kappa shape index (κ2) is 7.48. The molecular weight excluding hydrogens is 378 g/mol. The average molecular weight is 397 g/mol. The van der Waals surface area contributed by atoms with E-state index in [4.69, 9.17) is 6.57 Å². The molecular formula is C28H19N3. The Kier molecular flexibility index (Phi) is 4.51. The van der Waals surface area contributed by atoms with E-state index in [0.717, 1.165) is 16.8 Å². The zero-order valence-corrected chi connectivity index (χ0v) is 17.1. The van der Waals surface area contributed by atoms with Crippen molar-refractivity contribution in [3.05, 3.63) is 119 Å². The Hall–Kier alpha value is -4.34. The second-order valence-electron chi connectivity index (χ2n) is 7.68. The number of fused-ring (bicyclic) bond motifs is 2. The Morgan fingerprint density at radius 3 is 2.03 bits per heavy atom. The van der Waals surface area contributed by atoms with Crippen molar-refractivity contribution < 1.29 is 0 Å². The van der Waals surface area contributed by atoms with Crippen LogP contribution in [0.4, 0.5) is 22.7 Å². The first kappa shape index (κ1) is 18.7. The molecule has 0 amide bonds. The Morgan fingerprint density at radius 2 is 1.45 bits per heavy atom. The smallest absolute Gasteiger partial charge is 0.188 e. The third-order valence-electron chi connectivity index (χ3n) is 5.98. The number of hydrogen-bond donors (Lipinski definition) is 0. The van der Waals surface area contributed by atoms with Gasteiger partial charge >= 0.3 is 0 Å². The summed E-state index contributed by atoms with van der Waals surface area (Å²) in [5, 5.41) is 9.54. The highest BCUT2D eigenvalue weighted by molar-refractivity contribution is 5.85. The number of hydrogen-bond acceptors (Lipinski definition) is 2. The minimum absolute atomic E-state index is 0.335. The Morgan fingerprint density at radius 1 is 0.839 bits per heavy atom.